The summed E-state index contributed by atoms with van der Waals surface area (Å²) in [6.07, 6.45) is 3.85. The van der Waals surface area contributed by atoms with Gasteiger partial charge in [0, 0.05) is 39.0 Å². The number of carbonyl (C=O) groups excluding carboxylic acids is 2. The molecule has 4 rings (SSSR count). The number of piperidine rings is 1. The van der Waals surface area contributed by atoms with E-state index in [1.165, 1.54) is 0 Å². The number of anilines is 1. The smallest absolute Gasteiger partial charge is 0.244 e. The third-order valence-electron chi connectivity index (χ3n) is 6.12. The molecule has 1 atom stereocenters. The Bertz CT molecular complexity index is 880. The average Bonchev–Trinajstić information content (AvgIpc) is 3.12. The van der Waals surface area contributed by atoms with Gasteiger partial charge in [-0.05, 0) is 43.7 Å². The topological polar surface area (TPSA) is 98.8 Å². The molecule has 3 heterocycles. The third-order valence-corrected chi connectivity index (χ3v) is 7.62. The Labute approximate surface area is 171 Å². The molecule has 0 bridgehead atoms. The maximum Gasteiger partial charge on any atom is 0.244 e. The first kappa shape index (κ1) is 20.2. The van der Waals surface area contributed by atoms with Crippen molar-refractivity contribution in [2.75, 3.05) is 31.5 Å². The van der Waals surface area contributed by atoms with Gasteiger partial charge in [0.25, 0.3) is 0 Å². The minimum absolute atomic E-state index is 0.123. The van der Waals surface area contributed by atoms with E-state index >= 15 is 0 Å². The van der Waals surface area contributed by atoms with Gasteiger partial charge in [-0.1, -0.05) is 12.1 Å². The van der Waals surface area contributed by atoms with Crippen molar-refractivity contribution in [1.82, 2.24) is 14.5 Å². The standard InChI is InChI=1S/C20H28N4O4S/c25-18-7-3-11-23(18)12-4-8-19(26)24-13-9-15(10-14-24)20-21-16-5-1-2-6-17(16)29(27,28)22-20/h1-2,5-6,15,20-22H,3-4,7-14H2. The van der Waals surface area contributed by atoms with E-state index in [9.17, 15) is 18.0 Å². The van der Waals surface area contributed by atoms with E-state index in [0.29, 0.717) is 44.6 Å². The lowest BCUT2D eigenvalue weighted by Crippen LogP contribution is -2.52. The number of para-hydroxylation sites is 1. The van der Waals surface area contributed by atoms with Crippen LogP contribution in [0.4, 0.5) is 5.69 Å². The van der Waals surface area contributed by atoms with Gasteiger partial charge >= 0.3 is 0 Å². The summed E-state index contributed by atoms with van der Waals surface area (Å²) in [6.45, 7) is 2.74. The summed E-state index contributed by atoms with van der Waals surface area (Å²) in [6, 6.07) is 6.91. The first-order valence-corrected chi connectivity index (χ1v) is 11.9. The monoisotopic (exact) mass is 420 g/mol. The average molecular weight is 421 g/mol. The normalized spacial score (nSPS) is 24.3. The molecule has 9 heteroatoms. The Balaban J connectivity index is 1.26. The predicted molar refractivity (Wildman–Crippen MR) is 109 cm³/mol. The molecule has 1 aromatic carbocycles. The van der Waals surface area contributed by atoms with Gasteiger partial charge in [0.2, 0.25) is 21.8 Å². The molecule has 0 aromatic heterocycles. The summed E-state index contributed by atoms with van der Waals surface area (Å²) in [4.78, 5) is 28.1. The molecular weight excluding hydrogens is 392 g/mol. The zero-order valence-electron chi connectivity index (χ0n) is 16.5. The molecule has 2 N–H and O–H groups in total. The molecule has 158 valence electrons. The Kier molecular flexibility index (Phi) is 5.78. The first-order chi connectivity index (χ1) is 13.9. The summed E-state index contributed by atoms with van der Waals surface area (Å²) in [5.74, 6) is 0.448. The Hall–Kier alpha value is -2.13. The molecule has 0 aliphatic carbocycles. The molecule has 1 unspecified atom stereocenters. The van der Waals surface area contributed by atoms with Gasteiger partial charge in [0.05, 0.1) is 11.9 Å². The van der Waals surface area contributed by atoms with E-state index in [1.807, 2.05) is 15.9 Å². The lowest BCUT2D eigenvalue weighted by molar-refractivity contribution is -0.133. The molecule has 3 aliphatic rings. The van der Waals surface area contributed by atoms with Gasteiger partial charge in [-0.2, -0.15) is 4.72 Å². The molecule has 2 fully saturated rings. The van der Waals surface area contributed by atoms with Crippen molar-refractivity contribution >= 4 is 27.5 Å². The summed E-state index contributed by atoms with van der Waals surface area (Å²) in [5.41, 5.74) is 0.631. The highest BCUT2D eigenvalue weighted by atomic mass is 32.2. The van der Waals surface area contributed by atoms with E-state index in [-0.39, 0.29) is 28.8 Å². The zero-order chi connectivity index (χ0) is 20.4. The lowest BCUT2D eigenvalue weighted by atomic mass is 9.93. The number of nitrogens with zero attached hydrogens (tertiary/aromatic N) is 2. The number of fused-ring (bicyclic) bond motifs is 1. The molecule has 3 aliphatic heterocycles. The molecule has 0 saturated carbocycles. The second-order valence-electron chi connectivity index (χ2n) is 8.05. The van der Waals surface area contributed by atoms with Crippen LogP contribution in [0.25, 0.3) is 0 Å². The number of likely N-dealkylation sites (tertiary alicyclic amines) is 2. The summed E-state index contributed by atoms with van der Waals surface area (Å²) in [7, 11) is -3.52. The third kappa shape index (κ3) is 4.40. The van der Waals surface area contributed by atoms with Crippen molar-refractivity contribution in [3.05, 3.63) is 24.3 Å². The number of hydrogen-bond donors (Lipinski definition) is 2. The number of nitrogens with one attached hydrogen (secondary N) is 2. The molecule has 2 amide bonds. The van der Waals surface area contributed by atoms with Crippen molar-refractivity contribution in [3.63, 3.8) is 0 Å². The Morgan fingerprint density at radius 2 is 1.90 bits per heavy atom. The fraction of sp³-hybridized carbons (Fsp3) is 0.600. The Morgan fingerprint density at radius 1 is 1.14 bits per heavy atom. The zero-order valence-corrected chi connectivity index (χ0v) is 17.3. The van der Waals surface area contributed by atoms with Crippen LogP contribution in [0.15, 0.2) is 29.2 Å². The number of amides is 2. The van der Waals surface area contributed by atoms with E-state index in [4.69, 9.17) is 0 Å². The number of benzene rings is 1. The molecule has 2 saturated heterocycles. The molecule has 0 spiro atoms. The van der Waals surface area contributed by atoms with Crippen LogP contribution in [0.3, 0.4) is 0 Å². The van der Waals surface area contributed by atoms with Gasteiger partial charge in [-0.15, -0.1) is 0 Å². The highest BCUT2D eigenvalue weighted by molar-refractivity contribution is 7.89. The number of carbonyl (C=O) groups is 2. The van der Waals surface area contributed by atoms with Gasteiger partial charge in [0.1, 0.15) is 4.90 Å². The van der Waals surface area contributed by atoms with E-state index in [1.54, 1.807) is 18.2 Å². The van der Waals surface area contributed by atoms with Gasteiger partial charge in [0.15, 0.2) is 0 Å². The number of hydrogen-bond acceptors (Lipinski definition) is 5. The molecule has 8 nitrogen and oxygen atoms in total. The van der Waals surface area contributed by atoms with Crippen molar-refractivity contribution < 1.29 is 18.0 Å². The van der Waals surface area contributed by atoms with Crippen LogP contribution in [-0.4, -0.2) is 62.4 Å². The molecule has 0 radical (unpaired) electrons. The highest BCUT2D eigenvalue weighted by Gasteiger charge is 2.35. The van der Waals surface area contributed by atoms with Crippen LogP contribution in [0.1, 0.15) is 38.5 Å². The first-order valence-electron chi connectivity index (χ1n) is 10.4. The van der Waals surface area contributed by atoms with E-state index in [2.05, 4.69) is 10.0 Å². The quantitative estimate of drug-likeness (QED) is 0.749. The SMILES string of the molecule is O=C1CCCN1CCCC(=O)N1CCC(C2Nc3ccccc3S(=O)(=O)N2)CC1. The molecule has 29 heavy (non-hydrogen) atoms. The fourth-order valence-corrected chi connectivity index (χ4v) is 5.85. The maximum atomic E-state index is 12.5. The minimum atomic E-state index is -3.52. The molecule has 1 aromatic rings. The highest BCUT2D eigenvalue weighted by Crippen LogP contribution is 2.30. The van der Waals surface area contributed by atoms with Crippen molar-refractivity contribution in [2.24, 2.45) is 5.92 Å². The fourth-order valence-electron chi connectivity index (χ4n) is 4.46. The molecular formula is C20H28N4O4S. The van der Waals surface area contributed by atoms with E-state index in [0.717, 1.165) is 25.8 Å². The van der Waals surface area contributed by atoms with Crippen LogP contribution < -0.4 is 10.0 Å². The second-order valence-corrected chi connectivity index (χ2v) is 9.73. The number of rotatable bonds is 5. The van der Waals surface area contributed by atoms with Gasteiger partial charge in [-0.25, -0.2) is 8.42 Å². The van der Waals surface area contributed by atoms with Gasteiger partial charge in [-0.3, -0.25) is 9.59 Å². The van der Waals surface area contributed by atoms with Crippen molar-refractivity contribution in [1.29, 1.82) is 0 Å². The van der Waals surface area contributed by atoms with Crippen LogP contribution >= 0.6 is 0 Å². The van der Waals surface area contributed by atoms with Crippen molar-refractivity contribution in [2.45, 2.75) is 49.6 Å². The van der Waals surface area contributed by atoms with Crippen LogP contribution in [-0.2, 0) is 19.6 Å². The predicted octanol–water partition coefficient (Wildman–Crippen LogP) is 1.36. The van der Waals surface area contributed by atoms with Crippen LogP contribution in [0, 0.1) is 5.92 Å². The van der Waals surface area contributed by atoms with Crippen LogP contribution in [0.5, 0.6) is 0 Å². The largest absolute Gasteiger partial charge is 0.368 e. The van der Waals surface area contributed by atoms with Gasteiger partial charge < -0.3 is 15.1 Å². The van der Waals surface area contributed by atoms with E-state index < -0.39 is 10.0 Å². The maximum absolute atomic E-state index is 12.5. The number of sulfonamides is 1. The van der Waals surface area contributed by atoms with Crippen LogP contribution in [0.2, 0.25) is 0 Å². The lowest BCUT2D eigenvalue weighted by Gasteiger charge is -2.39. The second kappa shape index (κ2) is 8.31. The Morgan fingerprint density at radius 3 is 2.62 bits per heavy atom. The van der Waals surface area contributed by atoms with Crippen molar-refractivity contribution in [3.8, 4) is 0 Å². The summed E-state index contributed by atoms with van der Waals surface area (Å²) >= 11 is 0. The summed E-state index contributed by atoms with van der Waals surface area (Å²) < 4.78 is 27.8. The minimum Gasteiger partial charge on any atom is -0.368 e. The summed E-state index contributed by atoms with van der Waals surface area (Å²) in [5, 5.41) is 3.30.